The Balaban J connectivity index is 1.58. The molecule has 0 amide bonds. The highest BCUT2D eigenvalue weighted by molar-refractivity contribution is 7.07. The van der Waals surface area contributed by atoms with Crippen LogP contribution in [0.2, 0.25) is 5.02 Å². The Morgan fingerprint density at radius 2 is 1.70 bits per heavy atom. The standard InChI is InChI=1S/C37H37ClN2O9S/c1-7-46-28-18-25(13-14-27(28)48-20-31(41)45-6)33-32(36(43)47-8-2)22(4)39-37-40(33)35(42)30(50-37)17-24-15-26(38)34(29(16-24)44-5)49-19-23-11-9-21(3)10-12-23/h9-18,33H,7-8,19-20H2,1-6H3/b30-17-/t33-/m1/s1. The molecule has 5 rings (SSSR count). The molecular formula is C37H37ClN2O9S. The normalized spacial score (nSPS) is 14.1. The van der Waals surface area contributed by atoms with Crippen molar-refractivity contribution in [1.29, 1.82) is 0 Å². The molecule has 2 heterocycles. The largest absolute Gasteiger partial charge is 0.493 e. The van der Waals surface area contributed by atoms with Crippen molar-refractivity contribution in [3.05, 3.63) is 113 Å². The first kappa shape index (κ1) is 36.2. The number of allylic oxidation sites excluding steroid dienone is 1. The number of esters is 2. The molecule has 50 heavy (non-hydrogen) atoms. The molecule has 1 aromatic heterocycles. The maximum Gasteiger partial charge on any atom is 0.343 e. The fourth-order valence-corrected chi connectivity index (χ4v) is 6.66. The van der Waals surface area contributed by atoms with Gasteiger partial charge in [0, 0.05) is 0 Å². The second-order valence-electron chi connectivity index (χ2n) is 11.1. The molecule has 262 valence electrons. The van der Waals surface area contributed by atoms with Gasteiger partial charge in [0.1, 0.15) is 6.61 Å². The monoisotopic (exact) mass is 720 g/mol. The van der Waals surface area contributed by atoms with Gasteiger partial charge in [-0.15, -0.1) is 0 Å². The van der Waals surface area contributed by atoms with Crippen LogP contribution in [-0.2, 0) is 25.7 Å². The first-order valence-electron chi connectivity index (χ1n) is 15.8. The Morgan fingerprint density at radius 1 is 0.940 bits per heavy atom. The number of hydrogen-bond acceptors (Lipinski definition) is 11. The molecule has 0 bridgehead atoms. The third-order valence-corrected chi connectivity index (χ3v) is 8.99. The van der Waals surface area contributed by atoms with E-state index < -0.39 is 18.0 Å². The van der Waals surface area contributed by atoms with E-state index in [1.54, 1.807) is 57.2 Å². The molecule has 0 saturated heterocycles. The molecule has 0 aliphatic carbocycles. The molecule has 3 aromatic carbocycles. The second kappa shape index (κ2) is 16.1. The predicted molar refractivity (Wildman–Crippen MR) is 189 cm³/mol. The average molecular weight is 721 g/mol. The summed E-state index contributed by atoms with van der Waals surface area (Å²) in [5, 5.41) is 0.312. The van der Waals surface area contributed by atoms with E-state index >= 15 is 0 Å². The van der Waals surface area contributed by atoms with E-state index in [-0.39, 0.29) is 24.3 Å². The molecule has 0 spiro atoms. The number of carbonyl (C=O) groups excluding carboxylic acids is 2. The van der Waals surface area contributed by atoms with E-state index in [0.29, 0.717) is 67.4 Å². The van der Waals surface area contributed by atoms with Gasteiger partial charge in [0.05, 0.1) is 54.3 Å². The van der Waals surface area contributed by atoms with Gasteiger partial charge < -0.3 is 28.4 Å². The number of halogens is 1. The lowest BCUT2D eigenvalue weighted by atomic mass is 9.95. The van der Waals surface area contributed by atoms with Gasteiger partial charge in [0.2, 0.25) is 0 Å². The Morgan fingerprint density at radius 3 is 2.38 bits per heavy atom. The summed E-state index contributed by atoms with van der Waals surface area (Å²) in [6.07, 6.45) is 1.69. The molecule has 0 radical (unpaired) electrons. The SMILES string of the molecule is CCOC(=O)C1=C(C)N=c2s/c(=C\c3cc(Cl)c(OCc4ccc(C)cc4)c(OC)c3)c(=O)n2[C@@H]1c1ccc(OCC(=O)OC)c(OCC)c1. The van der Waals surface area contributed by atoms with E-state index in [2.05, 4.69) is 9.73 Å². The molecular weight excluding hydrogens is 684 g/mol. The van der Waals surface area contributed by atoms with Gasteiger partial charge in [-0.25, -0.2) is 14.6 Å². The summed E-state index contributed by atoms with van der Waals surface area (Å²) in [6, 6.07) is 15.5. The highest BCUT2D eigenvalue weighted by Crippen LogP contribution is 2.38. The lowest BCUT2D eigenvalue weighted by Crippen LogP contribution is -2.40. The molecule has 1 atom stereocenters. The predicted octanol–water partition coefficient (Wildman–Crippen LogP) is 5.30. The number of hydrogen-bond donors (Lipinski definition) is 0. The number of carbonyl (C=O) groups is 2. The summed E-state index contributed by atoms with van der Waals surface area (Å²) in [5.41, 5.74) is 3.50. The summed E-state index contributed by atoms with van der Waals surface area (Å²) in [4.78, 5) is 44.4. The third-order valence-electron chi connectivity index (χ3n) is 7.73. The van der Waals surface area contributed by atoms with E-state index in [9.17, 15) is 14.4 Å². The average Bonchev–Trinajstić information content (AvgIpc) is 3.40. The van der Waals surface area contributed by atoms with Crippen molar-refractivity contribution in [2.75, 3.05) is 34.0 Å². The first-order chi connectivity index (χ1) is 24.1. The van der Waals surface area contributed by atoms with Crippen LogP contribution >= 0.6 is 22.9 Å². The van der Waals surface area contributed by atoms with Crippen LogP contribution < -0.4 is 33.8 Å². The topological polar surface area (TPSA) is 124 Å². The van der Waals surface area contributed by atoms with Crippen molar-refractivity contribution in [1.82, 2.24) is 4.57 Å². The van der Waals surface area contributed by atoms with Crippen LogP contribution in [0, 0.1) is 6.92 Å². The zero-order valence-corrected chi connectivity index (χ0v) is 30.1. The number of ether oxygens (including phenoxy) is 6. The molecule has 0 saturated carbocycles. The van der Waals surface area contributed by atoms with Crippen LogP contribution in [0.4, 0.5) is 0 Å². The van der Waals surface area contributed by atoms with E-state index in [0.717, 1.165) is 11.1 Å². The third kappa shape index (κ3) is 7.87. The summed E-state index contributed by atoms with van der Waals surface area (Å²) in [6.45, 7) is 7.62. The number of rotatable bonds is 13. The van der Waals surface area contributed by atoms with Gasteiger partial charge in [0.25, 0.3) is 5.56 Å². The Hall–Kier alpha value is -5.07. The number of aryl methyl sites for hydroxylation is 1. The highest BCUT2D eigenvalue weighted by Gasteiger charge is 2.34. The second-order valence-corrected chi connectivity index (χ2v) is 12.5. The van der Waals surface area contributed by atoms with Gasteiger partial charge in [-0.1, -0.05) is 58.8 Å². The van der Waals surface area contributed by atoms with Crippen LogP contribution in [0.3, 0.4) is 0 Å². The van der Waals surface area contributed by atoms with Crippen LogP contribution in [0.15, 0.2) is 75.7 Å². The van der Waals surface area contributed by atoms with Crippen LogP contribution in [0.1, 0.15) is 49.1 Å². The molecule has 0 N–H and O–H groups in total. The molecule has 1 aliphatic heterocycles. The smallest absolute Gasteiger partial charge is 0.343 e. The number of aromatic nitrogens is 1. The minimum absolute atomic E-state index is 0.130. The zero-order chi connectivity index (χ0) is 35.9. The van der Waals surface area contributed by atoms with Gasteiger partial charge in [-0.3, -0.25) is 9.36 Å². The summed E-state index contributed by atoms with van der Waals surface area (Å²) < 4.78 is 35.1. The van der Waals surface area contributed by atoms with Gasteiger partial charge in [-0.2, -0.15) is 0 Å². The lowest BCUT2D eigenvalue weighted by molar-refractivity contribution is -0.143. The maximum absolute atomic E-state index is 14.2. The van der Waals surface area contributed by atoms with Crippen molar-refractivity contribution < 1.29 is 38.0 Å². The first-order valence-corrected chi connectivity index (χ1v) is 17.0. The van der Waals surface area contributed by atoms with Crippen molar-refractivity contribution in [2.24, 2.45) is 4.99 Å². The van der Waals surface area contributed by atoms with Crippen LogP contribution in [0.25, 0.3) is 6.08 Å². The molecule has 1 aliphatic rings. The summed E-state index contributed by atoms with van der Waals surface area (Å²) >= 11 is 7.86. The zero-order valence-electron chi connectivity index (χ0n) is 28.5. The molecule has 0 unspecified atom stereocenters. The lowest BCUT2D eigenvalue weighted by Gasteiger charge is -2.25. The highest BCUT2D eigenvalue weighted by atomic mass is 35.5. The summed E-state index contributed by atoms with van der Waals surface area (Å²) in [5.74, 6) is 0.237. The van der Waals surface area contributed by atoms with Crippen molar-refractivity contribution >= 4 is 41.0 Å². The number of thiazole rings is 1. The Bertz CT molecular complexity index is 2120. The molecule has 4 aromatic rings. The summed E-state index contributed by atoms with van der Waals surface area (Å²) in [7, 11) is 2.78. The Kier molecular flexibility index (Phi) is 11.7. The fourth-order valence-electron chi connectivity index (χ4n) is 5.34. The van der Waals surface area contributed by atoms with Gasteiger partial charge >= 0.3 is 11.9 Å². The van der Waals surface area contributed by atoms with Crippen molar-refractivity contribution in [2.45, 2.75) is 40.3 Å². The molecule has 0 fully saturated rings. The maximum atomic E-state index is 14.2. The van der Waals surface area contributed by atoms with E-state index in [4.69, 9.17) is 35.3 Å². The van der Waals surface area contributed by atoms with E-state index in [1.807, 2.05) is 31.2 Å². The van der Waals surface area contributed by atoms with Crippen LogP contribution in [-0.4, -0.2) is 50.5 Å². The quantitative estimate of drug-likeness (QED) is 0.169. The Labute approximate surface area is 297 Å². The molecule has 13 heteroatoms. The fraction of sp³-hybridized carbons (Fsp3) is 0.297. The molecule has 11 nitrogen and oxygen atoms in total. The number of fused-ring (bicyclic) bond motifs is 1. The van der Waals surface area contributed by atoms with Gasteiger partial charge in [-0.05, 0) is 74.7 Å². The number of nitrogens with zero attached hydrogens (tertiary/aromatic N) is 2. The minimum atomic E-state index is -0.906. The van der Waals surface area contributed by atoms with Gasteiger partial charge in [0.15, 0.2) is 34.4 Å². The van der Waals surface area contributed by atoms with Crippen LogP contribution in [0.5, 0.6) is 23.0 Å². The number of benzene rings is 3. The van der Waals surface area contributed by atoms with E-state index in [1.165, 1.54) is 30.1 Å². The van der Waals surface area contributed by atoms with Crippen molar-refractivity contribution in [3.8, 4) is 23.0 Å². The number of methoxy groups -OCH3 is 2. The minimum Gasteiger partial charge on any atom is -0.493 e. The van der Waals surface area contributed by atoms with Crippen molar-refractivity contribution in [3.63, 3.8) is 0 Å².